The zero-order valence-electron chi connectivity index (χ0n) is 20.0. The van der Waals surface area contributed by atoms with Crippen LogP contribution in [0.4, 0.5) is 5.69 Å². The zero-order valence-corrected chi connectivity index (χ0v) is 20.0. The number of carbonyl (C=O) groups is 2. The van der Waals surface area contributed by atoms with Crippen LogP contribution in [0.3, 0.4) is 0 Å². The second-order valence-corrected chi connectivity index (χ2v) is 9.44. The molecule has 0 radical (unpaired) electrons. The van der Waals surface area contributed by atoms with Gasteiger partial charge in [-0.05, 0) is 50.1 Å². The van der Waals surface area contributed by atoms with E-state index in [0.717, 1.165) is 36.6 Å². The number of para-hydroxylation sites is 2. The summed E-state index contributed by atoms with van der Waals surface area (Å²) in [5.41, 5.74) is 0.854. The van der Waals surface area contributed by atoms with Gasteiger partial charge in [-0.25, -0.2) is 0 Å². The van der Waals surface area contributed by atoms with Crippen molar-refractivity contribution in [3.8, 4) is 11.5 Å². The van der Waals surface area contributed by atoms with E-state index in [2.05, 4.69) is 5.32 Å². The van der Waals surface area contributed by atoms with Gasteiger partial charge in [0.1, 0.15) is 22.7 Å². The number of methoxy groups -OCH3 is 2. The quantitative estimate of drug-likeness (QED) is 0.606. The van der Waals surface area contributed by atoms with Gasteiger partial charge in [-0.15, -0.1) is 0 Å². The fourth-order valence-corrected chi connectivity index (χ4v) is 5.38. The molecule has 1 N–H and O–H groups in total. The Balaban J connectivity index is 1.65. The van der Waals surface area contributed by atoms with Crippen molar-refractivity contribution >= 4 is 28.4 Å². The number of anilines is 1. The minimum absolute atomic E-state index is 0.135. The van der Waals surface area contributed by atoms with Crippen molar-refractivity contribution in [2.24, 2.45) is 0 Å². The number of hydrogen-bond donors (Lipinski definition) is 1. The molecule has 0 saturated heterocycles. The number of nitrogens with one attached hydrogen (secondary N) is 1. The number of aromatic nitrogens is 1. The van der Waals surface area contributed by atoms with Gasteiger partial charge < -0.3 is 19.4 Å². The topological polar surface area (TPSA) is 72.8 Å². The third-order valence-electron chi connectivity index (χ3n) is 7.25. The van der Waals surface area contributed by atoms with Crippen molar-refractivity contribution in [2.45, 2.75) is 57.2 Å². The van der Waals surface area contributed by atoms with Crippen LogP contribution in [0.5, 0.6) is 11.5 Å². The first-order chi connectivity index (χ1) is 16.5. The monoisotopic (exact) mass is 461 g/mol. The maximum absolute atomic E-state index is 14.1. The first kappa shape index (κ1) is 22.3. The molecule has 1 fully saturated rings. The summed E-state index contributed by atoms with van der Waals surface area (Å²) in [7, 11) is 3.20. The Morgan fingerprint density at radius 1 is 1.03 bits per heavy atom. The Bertz CT molecular complexity index is 1240. The predicted molar refractivity (Wildman–Crippen MR) is 132 cm³/mol. The van der Waals surface area contributed by atoms with Crippen molar-refractivity contribution in [3.63, 3.8) is 0 Å². The van der Waals surface area contributed by atoms with Gasteiger partial charge in [0.2, 0.25) is 5.91 Å². The van der Waals surface area contributed by atoms with Crippen LogP contribution in [0.2, 0.25) is 0 Å². The number of rotatable bonds is 5. The maximum atomic E-state index is 14.1. The highest BCUT2D eigenvalue weighted by Gasteiger charge is 2.49. The van der Waals surface area contributed by atoms with Crippen molar-refractivity contribution in [1.82, 2.24) is 9.88 Å². The van der Waals surface area contributed by atoms with Gasteiger partial charge in [0.05, 0.1) is 32.0 Å². The van der Waals surface area contributed by atoms with Gasteiger partial charge >= 0.3 is 0 Å². The van der Waals surface area contributed by atoms with Crippen LogP contribution in [-0.4, -0.2) is 42.2 Å². The summed E-state index contributed by atoms with van der Waals surface area (Å²) in [6.45, 7) is 2.17. The molecule has 1 aliphatic carbocycles. The summed E-state index contributed by atoms with van der Waals surface area (Å²) in [6, 6.07) is 15.1. The molecule has 7 nitrogen and oxygen atoms in total. The van der Waals surface area contributed by atoms with E-state index in [1.54, 1.807) is 19.1 Å². The number of carbonyl (C=O) groups excluding carboxylic acids is 2. The second kappa shape index (κ2) is 8.70. The van der Waals surface area contributed by atoms with Gasteiger partial charge in [-0.2, -0.15) is 0 Å². The summed E-state index contributed by atoms with van der Waals surface area (Å²) >= 11 is 0. The molecular weight excluding hydrogens is 430 g/mol. The summed E-state index contributed by atoms with van der Waals surface area (Å²) in [5, 5.41) is 4.20. The Morgan fingerprint density at radius 2 is 1.79 bits per heavy atom. The molecule has 5 rings (SSSR count). The van der Waals surface area contributed by atoms with E-state index in [1.165, 1.54) is 6.42 Å². The Labute approximate surface area is 199 Å². The first-order valence-corrected chi connectivity index (χ1v) is 11.9. The van der Waals surface area contributed by atoms with Gasteiger partial charge in [0.15, 0.2) is 0 Å². The minimum Gasteiger partial charge on any atom is -0.497 e. The van der Waals surface area contributed by atoms with E-state index in [-0.39, 0.29) is 17.9 Å². The highest BCUT2D eigenvalue weighted by Crippen LogP contribution is 2.40. The molecule has 0 spiro atoms. The third-order valence-corrected chi connectivity index (χ3v) is 7.25. The average Bonchev–Trinajstić information content (AvgIpc) is 3.22. The number of nitrogens with zero attached hydrogens (tertiary/aromatic N) is 2. The van der Waals surface area contributed by atoms with Crippen LogP contribution < -0.4 is 19.7 Å². The van der Waals surface area contributed by atoms with Crippen LogP contribution in [0.1, 0.15) is 49.5 Å². The largest absolute Gasteiger partial charge is 0.497 e. The second-order valence-electron chi connectivity index (χ2n) is 9.44. The zero-order chi connectivity index (χ0) is 23.9. The lowest BCUT2D eigenvalue weighted by Crippen LogP contribution is -2.65. The van der Waals surface area contributed by atoms with Crippen LogP contribution >= 0.6 is 0 Å². The lowest BCUT2D eigenvalue weighted by Gasteiger charge is -2.45. The van der Waals surface area contributed by atoms with Gasteiger partial charge in [0.25, 0.3) is 5.91 Å². The normalized spacial score (nSPS) is 20.8. The Morgan fingerprint density at radius 3 is 2.53 bits per heavy atom. The van der Waals surface area contributed by atoms with E-state index in [1.807, 2.05) is 60.0 Å². The lowest BCUT2D eigenvalue weighted by atomic mass is 9.91. The molecule has 0 unspecified atom stereocenters. The van der Waals surface area contributed by atoms with E-state index in [4.69, 9.17) is 9.47 Å². The fraction of sp³-hybridized carbons (Fsp3) is 0.407. The number of fused-ring (bicyclic) bond motifs is 3. The van der Waals surface area contributed by atoms with Crippen LogP contribution in [0, 0.1) is 0 Å². The predicted octanol–water partition coefficient (Wildman–Crippen LogP) is 4.53. The molecule has 3 aromatic rings. The fourth-order valence-electron chi connectivity index (χ4n) is 5.38. The summed E-state index contributed by atoms with van der Waals surface area (Å²) in [4.78, 5) is 29.6. The number of hydrogen-bond acceptors (Lipinski definition) is 4. The molecule has 34 heavy (non-hydrogen) atoms. The number of ether oxygens (including phenoxy) is 2. The molecule has 1 saturated carbocycles. The molecule has 178 valence electrons. The summed E-state index contributed by atoms with van der Waals surface area (Å²) in [6.07, 6.45) is 5.38. The average molecular weight is 462 g/mol. The van der Waals surface area contributed by atoms with Crippen molar-refractivity contribution in [1.29, 1.82) is 0 Å². The molecule has 1 atom stereocenters. The molecule has 2 heterocycles. The summed E-state index contributed by atoms with van der Waals surface area (Å²) in [5.74, 6) is 0.890. The lowest BCUT2D eigenvalue weighted by molar-refractivity contribution is -0.127. The molecule has 7 heteroatoms. The highest BCUT2D eigenvalue weighted by molar-refractivity contribution is 6.14. The SMILES string of the molecule is COc1ccc2cc3n(c2c1)C[C@](C)(C(=O)NC1CCCCC1)N(c1ccccc1OC)C3=O. The summed E-state index contributed by atoms with van der Waals surface area (Å²) < 4.78 is 13.0. The van der Waals surface area contributed by atoms with Crippen molar-refractivity contribution in [3.05, 3.63) is 54.2 Å². The maximum Gasteiger partial charge on any atom is 0.276 e. The molecule has 2 amide bonds. The third kappa shape index (κ3) is 3.59. The Hall–Kier alpha value is -3.48. The smallest absolute Gasteiger partial charge is 0.276 e. The van der Waals surface area contributed by atoms with Crippen molar-refractivity contribution < 1.29 is 19.1 Å². The van der Waals surface area contributed by atoms with E-state index in [9.17, 15) is 9.59 Å². The Kier molecular flexibility index (Phi) is 5.71. The standard InChI is InChI=1S/C27H31N3O4/c1-27(26(32)28-19-9-5-4-6-10-19)17-29-22-16-20(33-2)14-13-18(22)15-23(29)25(31)30(27)21-11-7-8-12-24(21)34-3/h7-8,11-16,19H,4-6,9-10,17H2,1-3H3,(H,28,32)/t27-/m1/s1. The van der Waals surface area contributed by atoms with E-state index < -0.39 is 5.54 Å². The molecule has 1 aliphatic heterocycles. The first-order valence-electron chi connectivity index (χ1n) is 11.9. The van der Waals surface area contributed by atoms with Gasteiger partial charge in [-0.1, -0.05) is 31.4 Å². The molecular formula is C27H31N3O4. The van der Waals surface area contributed by atoms with Crippen LogP contribution in [-0.2, 0) is 11.3 Å². The van der Waals surface area contributed by atoms with Gasteiger partial charge in [-0.3, -0.25) is 14.5 Å². The van der Waals surface area contributed by atoms with Crippen LogP contribution in [0.25, 0.3) is 10.9 Å². The van der Waals surface area contributed by atoms with Gasteiger partial charge in [0, 0.05) is 17.5 Å². The highest BCUT2D eigenvalue weighted by atomic mass is 16.5. The van der Waals surface area contributed by atoms with Crippen LogP contribution in [0.15, 0.2) is 48.5 Å². The minimum atomic E-state index is -1.15. The molecule has 2 aliphatic rings. The van der Waals surface area contributed by atoms with E-state index in [0.29, 0.717) is 29.4 Å². The van der Waals surface area contributed by atoms with E-state index >= 15 is 0 Å². The molecule has 2 aromatic carbocycles. The number of benzene rings is 2. The van der Waals surface area contributed by atoms with Crippen molar-refractivity contribution in [2.75, 3.05) is 19.1 Å². The number of amides is 2. The molecule has 0 bridgehead atoms. The molecule has 1 aromatic heterocycles.